The molecule has 0 bridgehead atoms. The van der Waals surface area contributed by atoms with Crippen molar-refractivity contribution in [3.8, 4) is 0 Å². The van der Waals surface area contributed by atoms with Crippen molar-refractivity contribution in [3.63, 3.8) is 0 Å². The second-order valence-corrected chi connectivity index (χ2v) is 5.72. The summed E-state index contributed by atoms with van der Waals surface area (Å²) in [6.07, 6.45) is 10.1. The zero-order valence-corrected chi connectivity index (χ0v) is 11.9. The van der Waals surface area contributed by atoms with E-state index in [4.69, 9.17) is 5.73 Å². The van der Waals surface area contributed by atoms with Crippen LogP contribution in [0.4, 0.5) is 0 Å². The topological polar surface area (TPSA) is 47.1 Å². The number of hydrogen-bond acceptors (Lipinski definition) is 3. The zero-order valence-electron chi connectivity index (χ0n) is 11.9. The second kappa shape index (κ2) is 5.41. The Bertz CT molecular complexity index is 377. The lowest BCUT2D eigenvalue weighted by molar-refractivity contribution is 0.123. The summed E-state index contributed by atoms with van der Waals surface area (Å²) in [7, 11) is 4.33. The Morgan fingerprint density at radius 1 is 1.44 bits per heavy atom. The Kier molecular flexibility index (Phi) is 4.07. The Labute approximate surface area is 110 Å². The van der Waals surface area contributed by atoms with E-state index in [9.17, 15) is 0 Å². The molecule has 1 atom stereocenters. The van der Waals surface area contributed by atoms with Gasteiger partial charge in [-0.1, -0.05) is 12.8 Å². The SMILES string of the molecule is CCn1cc(CC(N)C2(N(C)C)CCCC2)cn1. The third kappa shape index (κ3) is 2.45. The third-order valence-electron chi connectivity index (χ3n) is 4.52. The fraction of sp³-hybridized carbons (Fsp3) is 0.786. The number of nitrogens with two attached hydrogens (primary N) is 1. The average Bonchev–Trinajstić information content (AvgIpc) is 2.97. The molecule has 102 valence electrons. The van der Waals surface area contributed by atoms with Crippen molar-refractivity contribution in [1.29, 1.82) is 0 Å². The van der Waals surface area contributed by atoms with Gasteiger partial charge in [0.05, 0.1) is 6.20 Å². The van der Waals surface area contributed by atoms with Crippen molar-refractivity contribution < 1.29 is 0 Å². The molecule has 0 radical (unpaired) electrons. The molecule has 18 heavy (non-hydrogen) atoms. The molecule has 0 saturated heterocycles. The van der Waals surface area contributed by atoms with Gasteiger partial charge in [-0.2, -0.15) is 5.10 Å². The Morgan fingerprint density at radius 3 is 2.61 bits per heavy atom. The fourth-order valence-corrected chi connectivity index (χ4v) is 3.27. The van der Waals surface area contributed by atoms with Gasteiger partial charge < -0.3 is 10.6 Å². The smallest absolute Gasteiger partial charge is 0.0522 e. The van der Waals surface area contributed by atoms with Gasteiger partial charge in [0.1, 0.15) is 0 Å². The average molecular weight is 250 g/mol. The Balaban J connectivity index is 2.07. The number of aromatic nitrogens is 2. The summed E-state index contributed by atoms with van der Waals surface area (Å²) in [4.78, 5) is 2.34. The number of hydrogen-bond donors (Lipinski definition) is 1. The highest BCUT2D eigenvalue weighted by atomic mass is 15.3. The monoisotopic (exact) mass is 250 g/mol. The largest absolute Gasteiger partial charge is 0.326 e. The van der Waals surface area contributed by atoms with Crippen LogP contribution in [0, 0.1) is 0 Å². The van der Waals surface area contributed by atoms with Crippen molar-refractivity contribution in [3.05, 3.63) is 18.0 Å². The summed E-state index contributed by atoms with van der Waals surface area (Å²) in [6, 6.07) is 0.199. The minimum Gasteiger partial charge on any atom is -0.326 e. The predicted molar refractivity (Wildman–Crippen MR) is 74.5 cm³/mol. The molecule has 0 aromatic carbocycles. The minimum atomic E-state index is 0.189. The van der Waals surface area contributed by atoms with Gasteiger partial charge in [0, 0.05) is 24.3 Å². The maximum Gasteiger partial charge on any atom is 0.0522 e. The van der Waals surface area contributed by atoms with E-state index < -0.39 is 0 Å². The Morgan fingerprint density at radius 2 is 2.11 bits per heavy atom. The molecule has 4 heteroatoms. The number of likely N-dealkylation sites (N-methyl/N-ethyl adjacent to an activating group) is 1. The molecule has 4 nitrogen and oxygen atoms in total. The van der Waals surface area contributed by atoms with E-state index in [-0.39, 0.29) is 11.6 Å². The molecule has 1 aliphatic carbocycles. The summed E-state index contributed by atoms with van der Waals surface area (Å²) in [5.74, 6) is 0. The van der Waals surface area contributed by atoms with Crippen molar-refractivity contribution in [2.24, 2.45) is 5.73 Å². The van der Waals surface area contributed by atoms with Gasteiger partial charge in [-0.3, -0.25) is 4.68 Å². The van der Waals surface area contributed by atoms with E-state index in [2.05, 4.69) is 37.2 Å². The second-order valence-electron chi connectivity index (χ2n) is 5.72. The van der Waals surface area contributed by atoms with Crippen LogP contribution in [-0.2, 0) is 13.0 Å². The summed E-state index contributed by atoms with van der Waals surface area (Å²) in [6.45, 7) is 3.03. The normalized spacial score (nSPS) is 20.5. The van der Waals surface area contributed by atoms with Crippen LogP contribution < -0.4 is 5.73 Å². The first-order valence-electron chi connectivity index (χ1n) is 7.03. The lowest BCUT2D eigenvalue weighted by Gasteiger charge is -2.41. The van der Waals surface area contributed by atoms with Crippen LogP contribution in [0.5, 0.6) is 0 Å². The van der Waals surface area contributed by atoms with Crippen molar-refractivity contribution >= 4 is 0 Å². The van der Waals surface area contributed by atoms with Crippen LogP contribution in [0.2, 0.25) is 0 Å². The zero-order chi connectivity index (χ0) is 13.2. The van der Waals surface area contributed by atoms with E-state index in [0.29, 0.717) is 0 Å². The van der Waals surface area contributed by atoms with Gasteiger partial charge >= 0.3 is 0 Å². The molecule has 1 unspecified atom stereocenters. The third-order valence-corrected chi connectivity index (χ3v) is 4.52. The molecule has 0 aliphatic heterocycles. The summed E-state index contributed by atoms with van der Waals surface area (Å²) in [5.41, 5.74) is 7.97. The highest BCUT2D eigenvalue weighted by Gasteiger charge is 2.41. The van der Waals surface area contributed by atoms with Gasteiger partial charge in [-0.25, -0.2) is 0 Å². The van der Waals surface area contributed by atoms with Crippen LogP contribution in [0.3, 0.4) is 0 Å². The molecule has 0 spiro atoms. The van der Waals surface area contributed by atoms with E-state index >= 15 is 0 Å². The van der Waals surface area contributed by atoms with Crippen LogP contribution >= 0.6 is 0 Å². The first kappa shape index (κ1) is 13.6. The van der Waals surface area contributed by atoms with Gasteiger partial charge in [-0.15, -0.1) is 0 Å². The van der Waals surface area contributed by atoms with Gasteiger partial charge in [-0.05, 0) is 45.8 Å². The fourth-order valence-electron chi connectivity index (χ4n) is 3.27. The van der Waals surface area contributed by atoms with Crippen molar-refractivity contribution in [1.82, 2.24) is 14.7 Å². The van der Waals surface area contributed by atoms with Gasteiger partial charge in [0.25, 0.3) is 0 Å². The lowest BCUT2D eigenvalue weighted by Crippen LogP contribution is -2.56. The van der Waals surface area contributed by atoms with Gasteiger partial charge in [0.2, 0.25) is 0 Å². The highest BCUT2D eigenvalue weighted by molar-refractivity contribution is 5.11. The molecule has 1 fully saturated rings. The first-order valence-corrected chi connectivity index (χ1v) is 7.03. The van der Waals surface area contributed by atoms with Crippen molar-refractivity contribution in [2.75, 3.05) is 14.1 Å². The minimum absolute atomic E-state index is 0.189. The number of aryl methyl sites for hydroxylation is 1. The van der Waals surface area contributed by atoms with E-state index in [1.54, 1.807) is 0 Å². The standard InChI is InChI=1S/C14H26N4/c1-4-18-11-12(10-16-18)9-13(15)14(17(2)3)7-5-6-8-14/h10-11,13H,4-9,15H2,1-3H3. The molecule has 1 aromatic heterocycles. The van der Waals surface area contributed by atoms with Gasteiger partial charge in [0.15, 0.2) is 0 Å². The summed E-state index contributed by atoms with van der Waals surface area (Å²) < 4.78 is 1.97. The van der Waals surface area contributed by atoms with Crippen LogP contribution in [0.1, 0.15) is 38.2 Å². The molecule has 2 N–H and O–H groups in total. The summed E-state index contributed by atoms with van der Waals surface area (Å²) in [5, 5.41) is 4.33. The predicted octanol–water partition coefficient (Wildman–Crippen LogP) is 1.65. The Hall–Kier alpha value is -0.870. The maximum atomic E-state index is 6.52. The molecule has 1 aliphatic rings. The molecule has 1 aromatic rings. The quantitative estimate of drug-likeness (QED) is 0.864. The molecular weight excluding hydrogens is 224 g/mol. The van der Waals surface area contributed by atoms with E-state index in [1.807, 2.05) is 10.9 Å². The first-order chi connectivity index (χ1) is 8.58. The summed E-state index contributed by atoms with van der Waals surface area (Å²) >= 11 is 0. The highest BCUT2D eigenvalue weighted by Crippen LogP contribution is 2.36. The van der Waals surface area contributed by atoms with E-state index in [0.717, 1.165) is 13.0 Å². The molecule has 1 saturated carbocycles. The number of nitrogens with zero attached hydrogens (tertiary/aromatic N) is 3. The van der Waals surface area contributed by atoms with E-state index in [1.165, 1.54) is 31.2 Å². The molecule has 0 amide bonds. The molecule has 1 heterocycles. The molecule has 2 rings (SSSR count). The van der Waals surface area contributed by atoms with Crippen LogP contribution in [0.25, 0.3) is 0 Å². The number of rotatable bonds is 5. The van der Waals surface area contributed by atoms with Crippen LogP contribution in [0.15, 0.2) is 12.4 Å². The van der Waals surface area contributed by atoms with Crippen molar-refractivity contribution in [2.45, 2.75) is 57.2 Å². The van der Waals surface area contributed by atoms with Crippen LogP contribution in [-0.4, -0.2) is 40.4 Å². The lowest BCUT2D eigenvalue weighted by atomic mass is 9.84. The maximum absolute atomic E-state index is 6.52. The molecular formula is C14H26N4.